The van der Waals surface area contributed by atoms with Crippen LogP contribution in [0.15, 0.2) is 48.5 Å². The first-order valence-corrected chi connectivity index (χ1v) is 8.72. The molecule has 0 spiro atoms. The zero-order valence-electron chi connectivity index (χ0n) is 14.6. The summed E-state index contributed by atoms with van der Waals surface area (Å²) in [6.45, 7) is 1.50. The van der Waals surface area contributed by atoms with Gasteiger partial charge in [0.15, 0.2) is 0 Å². The fraction of sp³-hybridized carbons (Fsp3) is 0.368. The van der Waals surface area contributed by atoms with Crippen molar-refractivity contribution in [3.63, 3.8) is 0 Å². The van der Waals surface area contributed by atoms with Gasteiger partial charge in [-0.25, -0.2) is 0 Å². The summed E-state index contributed by atoms with van der Waals surface area (Å²) >= 11 is 0. The van der Waals surface area contributed by atoms with Crippen LogP contribution >= 0.6 is 0 Å². The number of likely N-dealkylation sites (tertiary alicyclic amines) is 1. The van der Waals surface area contributed by atoms with Crippen molar-refractivity contribution in [1.82, 2.24) is 4.90 Å². The van der Waals surface area contributed by atoms with Crippen molar-refractivity contribution in [2.45, 2.75) is 31.6 Å². The number of hydrogen-bond donors (Lipinski definition) is 1. The number of nitro benzene ring substituents is 1. The number of halogens is 3. The van der Waals surface area contributed by atoms with Gasteiger partial charge in [0.1, 0.15) is 5.69 Å². The number of benzene rings is 2. The number of anilines is 1. The van der Waals surface area contributed by atoms with Crippen LogP contribution in [-0.2, 0) is 12.7 Å². The van der Waals surface area contributed by atoms with E-state index < -0.39 is 16.7 Å². The number of para-hydroxylation sites is 2. The van der Waals surface area contributed by atoms with Gasteiger partial charge in [0, 0.05) is 31.7 Å². The van der Waals surface area contributed by atoms with Crippen molar-refractivity contribution in [2.24, 2.45) is 0 Å². The molecular formula is C19H20F3N3O2. The van der Waals surface area contributed by atoms with E-state index in [-0.39, 0.29) is 23.8 Å². The van der Waals surface area contributed by atoms with Gasteiger partial charge < -0.3 is 5.32 Å². The van der Waals surface area contributed by atoms with Gasteiger partial charge in [0.05, 0.1) is 10.5 Å². The smallest absolute Gasteiger partial charge is 0.377 e. The third kappa shape index (κ3) is 4.77. The van der Waals surface area contributed by atoms with E-state index in [1.165, 1.54) is 18.2 Å². The second-order valence-electron chi connectivity index (χ2n) is 6.62. The van der Waals surface area contributed by atoms with E-state index in [1.54, 1.807) is 24.3 Å². The molecule has 144 valence electrons. The summed E-state index contributed by atoms with van der Waals surface area (Å²) < 4.78 is 39.4. The van der Waals surface area contributed by atoms with Crippen molar-refractivity contribution >= 4 is 11.4 Å². The topological polar surface area (TPSA) is 58.4 Å². The average Bonchev–Trinajstić information content (AvgIpc) is 2.63. The molecule has 27 heavy (non-hydrogen) atoms. The van der Waals surface area contributed by atoms with E-state index in [0.29, 0.717) is 31.6 Å². The van der Waals surface area contributed by atoms with Gasteiger partial charge >= 0.3 is 6.18 Å². The van der Waals surface area contributed by atoms with Crippen LogP contribution in [0.1, 0.15) is 24.0 Å². The molecule has 1 aliphatic rings. The Balaban J connectivity index is 1.60. The predicted molar refractivity (Wildman–Crippen MR) is 96.5 cm³/mol. The number of alkyl halides is 3. The molecule has 0 bridgehead atoms. The molecule has 1 saturated heterocycles. The summed E-state index contributed by atoms with van der Waals surface area (Å²) in [7, 11) is 0. The van der Waals surface area contributed by atoms with Crippen LogP contribution in [0.4, 0.5) is 24.5 Å². The maximum absolute atomic E-state index is 13.1. The number of nitrogens with zero attached hydrogens (tertiary/aromatic N) is 2. The molecule has 8 heteroatoms. The van der Waals surface area contributed by atoms with Crippen LogP contribution < -0.4 is 5.32 Å². The SMILES string of the molecule is O=[N+]([O-])c1ccccc1NC1CCN(Cc2ccccc2C(F)(F)F)CC1. The maximum Gasteiger partial charge on any atom is 0.416 e. The number of nitro groups is 1. The van der Waals surface area contributed by atoms with Crippen molar-refractivity contribution in [1.29, 1.82) is 0 Å². The van der Waals surface area contributed by atoms with Gasteiger partial charge in [-0.1, -0.05) is 30.3 Å². The predicted octanol–water partition coefficient (Wildman–Crippen LogP) is 4.69. The van der Waals surface area contributed by atoms with Gasteiger partial charge in [0.2, 0.25) is 0 Å². The molecule has 0 aliphatic carbocycles. The fourth-order valence-electron chi connectivity index (χ4n) is 3.39. The van der Waals surface area contributed by atoms with Crippen LogP contribution in [0.5, 0.6) is 0 Å². The highest BCUT2D eigenvalue weighted by atomic mass is 19.4. The first-order valence-electron chi connectivity index (χ1n) is 8.72. The summed E-state index contributed by atoms with van der Waals surface area (Å²) in [6, 6.07) is 12.2. The third-order valence-electron chi connectivity index (χ3n) is 4.76. The van der Waals surface area contributed by atoms with Crippen molar-refractivity contribution < 1.29 is 18.1 Å². The molecule has 1 N–H and O–H groups in total. The molecule has 0 radical (unpaired) electrons. The number of hydrogen-bond acceptors (Lipinski definition) is 4. The lowest BCUT2D eigenvalue weighted by Gasteiger charge is -2.33. The van der Waals surface area contributed by atoms with Crippen molar-refractivity contribution in [3.8, 4) is 0 Å². The second-order valence-corrected chi connectivity index (χ2v) is 6.62. The van der Waals surface area contributed by atoms with Gasteiger partial charge in [-0.3, -0.25) is 15.0 Å². The van der Waals surface area contributed by atoms with Crippen LogP contribution in [0.2, 0.25) is 0 Å². The summed E-state index contributed by atoms with van der Waals surface area (Å²) in [6.07, 6.45) is -2.94. The summed E-state index contributed by atoms with van der Waals surface area (Å²) in [5.41, 5.74) is 0.183. The number of rotatable bonds is 5. The standard InChI is InChI=1S/C19H20F3N3O2/c20-19(21,22)16-6-2-1-5-14(16)13-24-11-9-15(10-12-24)23-17-7-3-4-8-18(17)25(26)27/h1-8,15,23H,9-13H2. The molecule has 0 aromatic heterocycles. The Morgan fingerprint density at radius 1 is 1.07 bits per heavy atom. The minimum atomic E-state index is -4.36. The molecule has 1 fully saturated rings. The normalized spacial score (nSPS) is 16.3. The lowest BCUT2D eigenvalue weighted by atomic mass is 10.0. The largest absolute Gasteiger partial charge is 0.416 e. The third-order valence-corrected chi connectivity index (χ3v) is 4.76. The van der Waals surface area contributed by atoms with Crippen LogP contribution in [0, 0.1) is 10.1 Å². The molecule has 1 aliphatic heterocycles. The van der Waals surface area contributed by atoms with Gasteiger partial charge in [-0.2, -0.15) is 13.2 Å². The molecular weight excluding hydrogens is 359 g/mol. The molecule has 0 atom stereocenters. The van der Waals surface area contributed by atoms with Gasteiger partial charge in [0.25, 0.3) is 5.69 Å². The maximum atomic E-state index is 13.1. The Morgan fingerprint density at radius 2 is 1.70 bits per heavy atom. The minimum absolute atomic E-state index is 0.0269. The number of piperidine rings is 1. The molecule has 0 unspecified atom stereocenters. The van der Waals surface area contributed by atoms with Crippen molar-refractivity contribution in [3.05, 3.63) is 69.8 Å². The Kier molecular flexibility index (Phi) is 5.65. The van der Waals surface area contributed by atoms with E-state index in [4.69, 9.17) is 0 Å². The van der Waals surface area contributed by atoms with E-state index in [0.717, 1.165) is 6.07 Å². The molecule has 2 aromatic rings. The summed E-state index contributed by atoms with van der Waals surface area (Å²) in [4.78, 5) is 12.7. The van der Waals surface area contributed by atoms with Crippen LogP contribution in [0.25, 0.3) is 0 Å². The van der Waals surface area contributed by atoms with E-state index in [1.807, 2.05) is 4.90 Å². The summed E-state index contributed by atoms with van der Waals surface area (Å²) in [5.74, 6) is 0. The molecule has 0 saturated carbocycles. The van der Waals surface area contributed by atoms with E-state index >= 15 is 0 Å². The highest BCUT2D eigenvalue weighted by Crippen LogP contribution is 2.33. The Hall–Kier alpha value is -2.61. The highest BCUT2D eigenvalue weighted by molar-refractivity contribution is 5.61. The zero-order chi connectivity index (χ0) is 19.4. The Morgan fingerprint density at radius 3 is 2.37 bits per heavy atom. The highest BCUT2D eigenvalue weighted by Gasteiger charge is 2.33. The minimum Gasteiger partial charge on any atom is -0.377 e. The molecule has 5 nitrogen and oxygen atoms in total. The first-order chi connectivity index (χ1) is 12.8. The molecule has 2 aromatic carbocycles. The average molecular weight is 379 g/mol. The molecule has 3 rings (SSSR count). The molecule has 0 amide bonds. The van der Waals surface area contributed by atoms with Gasteiger partial charge in [-0.05, 0) is 30.5 Å². The number of nitrogens with one attached hydrogen (secondary N) is 1. The van der Waals surface area contributed by atoms with E-state index in [9.17, 15) is 23.3 Å². The second kappa shape index (κ2) is 7.96. The first kappa shape index (κ1) is 19.2. The lowest BCUT2D eigenvalue weighted by Crippen LogP contribution is -2.39. The Bertz CT molecular complexity index is 803. The quantitative estimate of drug-likeness (QED) is 0.605. The zero-order valence-corrected chi connectivity index (χ0v) is 14.6. The lowest BCUT2D eigenvalue weighted by molar-refractivity contribution is -0.384. The Labute approximate surface area is 154 Å². The molecule has 1 heterocycles. The summed E-state index contributed by atoms with van der Waals surface area (Å²) in [5, 5.41) is 14.3. The van der Waals surface area contributed by atoms with Crippen LogP contribution in [0.3, 0.4) is 0 Å². The van der Waals surface area contributed by atoms with Crippen molar-refractivity contribution in [2.75, 3.05) is 18.4 Å². The van der Waals surface area contributed by atoms with Crippen LogP contribution in [-0.4, -0.2) is 29.0 Å². The fourth-order valence-corrected chi connectivity index (χ4v) is 3.39. The van der Waals surface area contributed by atoms with E-state index in [2.05, 4.69) is 5.32 Å². The monoisotopic (exact) mass is 379 g/mol. The van der Waals surface area contributed by atoms with Gasteiger partial charge in [-0.15, -0.1) is 0 Å².